The molecule has 3 heterocycles. The average molecular weight is 868 g/mol. The Labute approximate surface area is 392 Å². The number of thioether (sulfide) groups is 1. The highest BCUT2D eigenvalue weighted by Crippen LogP contribution is 2.60. The normalized spacial score (nSPS) is 18.9. The monoisotopic (exact) mass is 867 g/mol. The molecule has 6 aromatic carbocycles. The number of para-hydroxylation sites is 1. The first-order valence-electron chi connectivity index (χ1n) is 22.9. The number of benzene rings is 6. The van der Waals surface area contributed by atoms with Crippen LogP contribution in [0.15, 0.2) is 223 Å². The van der Waals surface area contributed by atoms with Crippen LogP contribution in [0.5, 0.6) is 0 Å². The zero-order chi connectivity index (χ0) is 44.8. The van der Waals surface area contributed by atoms with Crippen molar-refractivity contribution in [2.75, 3.05) is 0 Å². The zero-order valence-corrected chi connectivity index (χ0v) is 38.3. The van der Waals surface area contributed by atoms with Crippen molar-refractivity contribution in [1.82, 2.24) is 15.0 Å². The predicted molar refractivity (Wildman–Crippen MR) is 280 cm³/mol. The minimum atomic E-state index is -0.415. The minimum absolute atomic E-state index is 0.140. The molecule has 0 saturated heterocycles. The third-order valence-corrected chi connectivity index (χ3v) is 15.1. The molecule has 4 heteroatoms. The third-order valence-electron chi connectivity index (χ3n) is 13.7. The molecule has 0 spiro atoms. The molecule has 0 saturated carbocycles. The summed E-state index contributed by atoms with van der Waals surface area (Å²) in [5, 5.41) is 3.64. The Morgan fingerprint density at radius 2 is 1.39 bits per heavy atom. The molecule has 0 fully saturated rings. The second-order valence-electron chi connectivity index (χ2n) is 17.9. The van der Waals surface area contributed by atoms with Crippen LogP contribution in [0.2, 0.25) is 0 Å². The van der Waals surface area contributed by atoms with Gasteiger partial charge < -0.3 is 0 Å². The van der Waals surface area contributed by atoms with Gasteiger partial charge in [0, 0.05) is 48.3 Å². The van der Waals surface area contributed by atoms with E-state index in [1.807, 2.05) is 23.9 Å². The Hall–Kier alpha value is -7.40. The fraction of sp³-hybridized carbons (Fsp3) is 0.113. The average Bonchev–Trinajstić information content (AvgIpc) is 3.70. The number of aromatic nitrogens is 3. The molecular formula is C62H49N3S. The van der Waals surface area contributed by atoms with Crippen LogP contribution in [0, 0.1) is 0 Å². The largest absolute Gasteiger partial charge is 0.246 e. The summed E-state index contributed by atoms with van der Waals surface area (Å²) in [6, 6.07) is 52.3. The lowest BCUT2D eigenvalue weighted by molar-refractivity contribution is 0.559. The van der Waals surface area contributed by atoms with Crippen LogP contribution in [-0.2, 0) is 10.8 Å². The third kappa shape index (κ3) is 7.23. The number of pyridine rings is 1. The van der Waals surface area contributed by atoms with Gasteiger partial charge in [0.2, 0.25) is 0 Å². The van der Waals surface area contributed by atoms with Gasteiger partial charge >= 0.3 is 0 Å². The van der Waals surface area contributed by atoms with Crippen molar-refractivity contribution >= 4 is 44.6 Å². The van der Waals surface area contributed by atoms with Crippen LogP contribution >= 0.6 is 11.8 Å². The molecule has 2 atom stereocenters. The first-order chi connectivity index (χ1) is 32.3. The van der Waals surface area contributed by atoms with E-state index in [4.69, 9.17) is 15.0 Å². The van der Waals surface area contributed by atoms with Gasteiger partial charge in [-0.25, -0.2) is 15.0 Å². The molecule has 11 rings (SSSR count). The number of hydrogen-bond donors (Lipinski definition) is 0. The second kappa shape index (κ2) is 16.9. The van der Waals surface area contributed by atoms with E-state index in [1.165, 1.54) is 48.2 Å². The van der Waals surface area contributed by atoms with E-state index in [0.717, 1.165) is 74.7 Å². The number of fused-ring (bicyclic) bond motifs is 6. The molecule has 3 nitrogen and oxygen atoms in total. The first-order valence-corrected chi connectivity index (χ1v) is 23.7. The van der Waals surface area contributed by atoms with Crippen molar-refractivity contribution in [2.24, 2.45) is 0 Å². The summed E-state index contributed by atoms with van der Waals surface area (Å²) in [7, 11) is 0. The van der Waals surface area contributed by atoms with Crippen molar-refractivity contribution < 1.29 is 0 Å². The van der Waals surface area contributed by atoms with Crippen LogP contribution in [0.1, 0.15) is 56.1 Å². The Balaban J connectivity index is 1.06. The zero-order valence-electron chi connectivity index (χ0n) is 37.5. The molecule has 0 bridgehead atoms. The molecule has 8 aromatic rings. The molecule has 3 aliphatic rings. The smallest absolute Gasteiger partial charge is 0.139 e. The second-order valence-corrected chi connectivity index (χ2v) is 19.0. The Morgan fingerprint density at radius 3 is 2.20 bits per heavy atom. The van der Waals surface area contributed by atoms with E-state index in [2.05, 4.69) is 222 Å². The van der Waals surface area contributed by atoms with E-state index >= 15 is 0 Å². The van der Waals surface area contributed by atoms with Crippen molar-refractivity contribution in [3.63, 3.8) is 0 Å². The highest BCUT2D eigenvalue weighted by atomic mass is 32.2. The highest BCUT2D eigenvalue weighted by molar-refractivity contribution is 8.03. The molecule has 2 aromatic heterocycles. The van der Waals surface area contributed by atoms with Crippen LogP contribution < -0.4 is 0 Å². The number of rotatable bonds is 9. The summed E-state index contributed by atoms with van der Waals surface area (Å²) in [4.78, 5) is 19.2. The Bertz CT molecular complexity index is 3430. The number of nitrogens with zero attached hydrogens (tertiary/aromatic N) is 3. The molecular weight excluding hydrogens is 819 g/mol. The van der Waals surface area contributed by atoms with Gasteiger partial charge in [-0.2, -0.15) is 0 Å². The summed E-state index contributed by atoms with van der Waals surface area (Å²) >= 11 is 1.90. The summed E-state index contributed by atoms with van der Waals surface area (Å²) in [5.41, 5.74) is 14.8. The summed E-state index contributed by atoms with van der Waals surface area (Å²) < 4.78 is 0. The fourth-order valence-electron chi connectivity index (χ4n) is 9.94. The van der Waals surface area contributed by atoms with Gasteiger partial charge in [0.1, 0.15) is 5.82 Å². The van der Waals surface area contributed by atoms with Crippen LogP contribution in [0.25, 0.3) is 77.7 Å². The van der Waals surface area contributed by atoms with Crippen molar-refractivity contribution in [2.45, 2.75) is 49.3 Å². The SMILES string of the molecule is C=C/C=C\C(=C/C)c1ccc(-c2cc(-c3cccc(-c4cccc5c6c(c(-c7cccc8ccccc78)nc45)SC4=CC=CCC46C)c3)nc([C@]3(C)C=CC(c4ccccc4)=CC3)n2)cc1. The lowest BCUT2D eigenvalue weighted by atomic mass is 9.75. The van der Waals surface area contributed by atoms with E-state index < -0.39 is 5.41 Å². The van der Waals surface area contributed by atoms with E-state index in [0.29, 0.717) is 0 Å². The maximum atomic E-state index is 5.72. The summed E-state index contributed by atoms with van der Waals surface area (Å²) in [5.74, 6) is 0.797. The standard InChI is InChI=1S/C62H49N3S/c1-5-7-18-41(6-2)43-30-32-46(33-31-43)53-40-54(64-60(63-53)61(3)37-34-44(35-38-61)42-19-9-8-10-20-42)48-24-15-23-47(39-48)50-26-17-28-52-56-59(66-55-29-13-14-36-62(55,56)4)58(65-57(50)52)51-27-16-22-45-21-11-12-25-49(45)51/h5-35,37,39-40H,1,36,38H2,2-4H3/b18-7-,41-6+/t61-,62?/m1/s1. The molecule has 0 radical (unpaired) electrons. The van der Waals surface area contributed by atoms with Gasteiger partial charge in [-0.1, -0.05) is 219 Å². The van der Waals surface area contributed by atoms with Crippen molar-refractivity contribution in [3.05, 3.63) is 240 Å². The predicted octanol–water partition coefficient (Wildman–Crippen LogP) is 16.5. The molecule has 1 unspecified atom stereocenters. The molecule has 66 heavy (non-hydrogen) atoms. The lowest BCUT2D eigenvalue weighted by Gasteiger charge is -2.28. The molecule has 1 aliphatic heterocycles. The topological polar surface area (TPSA) is 38.7 Å². The lowest BCUT2D eigenvalue weighted by Crippen LogP contribution is -2.24. The molecule has 0 amide bonds. The van der Waals surface area contributed by atoms with Crippen molar-refractivity contribution in [3.8, 4) is 44.9 Å². The number of hydrogen-bond acceptors (Lipinski definition) is 4. The van der Waals surface area contributed by atoms with Crippen LogP contribution in [-0.4, -0.2) is 15.0 Å². The van der Waals surface area contributed by atoms with E-state index in [-0.39, 0.29) is 5.41 Å². The van der Waals surface area contributed by atoms with Crippen molar-refractivity contribution in [1.29, 1.82) is 0 Å². The van der Waals surface area contributed by atoms with Gasteiger partial charge in [0.05, 0.1) is 22.6 Å². The van der Waals surface area contributed by atoms with Crippen LogP contribution in [0.4, 0.5) is 0 Å². The van der Waals surface area contributed by atoms with Gasteiger partial charge in [-0.15, -0.1) is 0 Å². The first kappa shape index (κ1) is 41.3. The quantitative estimate of drug-likeness (QED) is 0.136. The van der Waals surface area contributed by atoms with Crippen LogP contribution in [0.3, 0.4) is 0 Å². The maximum absolute atomic E-state index is 5.72. The summed E-state index contributed by atoms with van der Waals surface area (Å²) in [6.45, 7) is 10.6. The van der Waals surface area contributed by atoms with E-state index in [1.54, 1.807) is 0 Å². The Kier molecular flexibility index (Phi) is 10.6. The minimum Gasteiger partial charge on any atom is -0.246 e. The maximum Gasteiger partial charge on any atom is 0.139 e. The molecule has 2 aliphatic carbocycles. The molecule has 0 N–H and O–H groups in total. The van der Waals surface area contributed by atoms with Gasteiger partial charge in [-0.3, -0.25) is 0 Å². The van der Waals surface area contributed by atoms with Gasteiger partial charge in [0.15, 0.2) is 0 Å². The highest BCUT2D eigenvalue weighted by Gasteiger charge is 2.43. The Morgan fingerprint density at radius 1 is 0.682 bits per heavy atom. The summed E-state index contributed by atoms with van der Waals surface area (Å²) in [6.07, 6.45) is 23.4. The molecule has 318 valence electrons. The van der Waals surface area contributed by atoms with E-state index in [9.17, 15) is 0 Å². The number of allylic oxidation sites excluding steroid dienone is 13. The fourth-order valence-corrected chi connectivity index (χ4v) is 11.4. The van der Waals surface area contributed by atoms with Gasteiger partial charge in [-0.05, 0) is 83.0 Å². The van der Waals surface area contributed by atoms with Gasteiger partial charge in [0.25, 0.3) is 0 Å².